The Kier molecular flexibility index (Phi) is 9.87. The minimum absolute atomic E-state index is 0. The molecule has 1 aromatic heterocycles. The Balaban J connectivity index is 0.000000341. The van der Waals surface area contributed by atoms with Crippen molar-refractivity contribution >= 4 is 12.4 Å². The van der Waals surface area contributed by atoms with Crippen LogP contribution in [-0.2, 0) is 5.54 Å². The minimum Gasteiger partial charge on any atom is -0.378 e. The number of aromatic nitrogens is 1. The summed E-state index contributed by atoms with van der Waals surface area (Å²) in [5.41, 5.74) is 6.18. The maximum Gasteiger partial charge on any atom is 0.140 e. The van der Waals surface area contributed by atoms with Gasteiger partial charge in [-0.05, 0) is 53.5 Å². The number of nitriles is 1. The molecule has 0 bridgehead atoms. The van der Waals surface area contributed by atoms with Crippen molar-refractivity contribution in [3.63, 3.8) is 0 Å². The second kappa shape index (κ2) is 13.3. The van der Waals surface area contributed by atoms with E-state index in [4.69, 9.17) is 5.26 Å². The highest BCUT2D eigenvalue weighted by atomic mass is 35.5. The van der Waals surface area contributed by atoms with Gasteiger partial charge in [-0.15, -0.1) is 12.4 Å². The van der Waals surface area contributed by atoms with Crippen LogP contribution in [-0.4, -0.2) is 35.4 Å². The lowest BCUT2D eigenvalue weighted by Gasteiger charge is -2.46. The average molecular weight is 521 g/mol. The third-order valence-electron chi connectivity index (χ3n) is 6.47. The quantitative estimate of drug-likeness (QED) is 0.267. The normalized spacial score (nSPS) is 12.3. The van der Waals surface area contributed by atoms with Crippen LogP contribution in [0.4, 0.5) is 0 Å². The zero-order valence-electron chi connectivity index (χ0n) is 22.0. The third-order valence-corrected chi connectivity index (χ3v) is 6.47. The Labute approximate surface area is 232 Å². The minimum atomic E-state index is -0.394. The van der Waals surface area contributed by atoms with Gasteiger partial charge in [0, 0.05) is 38.7 Å². The summed E-state index contributed by atoms with van der Waals surface area (Å²) in [5.74, 6) is 0. The van der Waals surface area contributed by atoms with Crippen molar-refractivity contribution in [2.45, 2.75) is 12.5 Å². The molecule has 0 saturated carbocycles. The van der Waals surface area contributed by atoms with E-state index in [1.54, 1.807) is 12.3 Å². The van der Waals surface area contributed by atoms with Crippen LogP contribution in [0.3, 0.4) is 0 Å². The van der Waals surface area contributed by atoms with Gasteiger partial charge in [0.15, 0.2) is 0 Å². The Hall–Kier alpha value is -4.33. The molecule has 5 rings (SSSR count). The Morgan fingerprint density at radius 1 is 0.816 bits per heavy atom. The maximum absolute atomic E-state index is 8.35. The summed E-state index contributed by atoms with van der Waals surface area (Å²) >= 11 is 0. The van der Waals surface area contributed by atoms with Gasteiger partial charge in [0.1, 0.15) is 17.3 Å². The van der Waals surface area contributed by atoms with Crippen LogP contribution in [0.2, 0.25) is 0 Å². The van der Waals surface area contributed by atoms with E-state index in [9.17, 15) is 0 Å². The summed E-state index contributed by atoms with van der Waals surface area (Å²) in [4.78, 5) is 8.40. The first-order chi connectivity index (χ1) is 18.1. The number of allylic oxidation sites excluding steroid dienone is 1. The fourth-order valence-electron chi connectivity index (χ4n) is 4.70. The highest BCUT2D eigenvalue weighted by molar-refractivity contribution is 5.85. The predicted octanol–water partition coefficient (Wildman–Crippen LogP) is 6.94. The van der Waals surface area contributed by atoms with Gasteiger partial charge in [-0.3, -0.25) is 0 Å². The lowest BCUT2D eigenvalue weighted by atomic mass is 9.75. The van der Waals surface area contributed by atoms with Crippen molar-refractivity contribution in [3.05, 3.63) is 161 Å². The summed E-state index contributed by atoms with van der Waals surface area (Å²) in [5, 5.41) is 8.35. The zero-order valence-corrected chi connectivity index (χ0v) is 22.8. The molecule has 192 valence electrons. The molecule has 0 spiro atoms. The van der Waals surface area contributed by atoms with E-state index in [1.807, 2.05) is 19.1 Å². The smallest absolute Gasteiger partial charge is 0.140 e. The summed E-state index contributed by atoms with van der Waals surface area (Å²) in [6.45, 7) is 2.77. The number of rotatable bonds is 5. The van der Waals surface area contributed by atoms with Crippen LogP contribution in [0.15, 0.2) is 133 Å². The van der Waals surface area contributed by atoms with Gasteiger partial charge in [0.25, 0.3) is 0 Å². The molecule has 5 heteroatoms. The van der Waals surface area contributed by atoms with Gasteiger partial charge in [0.2, 0.25) is 0 Å². The molecule has 0 radical (unpaired) electrons. The van der Waals surface area contributed by atoms with E-state index in [-0.39, 0.29) is 12.4 Å². The van der Waals surface area contributed by atoms with E-state index >= 15 is 0 Å². The first-order valence-corrected chi connectivity index (χ1v) is 12.4. The number of pyridine rings is 1. The van der Waals surface area contributed by atoms with Crippen LogP contribution in [0, 0.1) is 18.3 Å². The van der Waals surface area contributed by atoms with Crippen LogP contribution >= 0.6 is 12.4 Å². The number of halogens is 1. The van der Waals surface area contributed by atoms with Gasteiger partial charge < -0.3 is 9.80 Å². The number of benzene rings is 3. The number of aryl methyl sites for hydroxylation is 1. The Bertz CT molecular complexity index is 1290. The molecule has 38 heavy (non-hydrogen) atoms. The molecule has 0 atom stereocenters. The van der Waals surface area contributed by atoms with Crippen molar-refractivity contribution in [2.75, 3.05) is 20.6 Å². The van der Waals surface area contributed by atoms with E-state index in [0.29, 0.717) is 5.69 Å². The van der Waals surface area contributed by atoms with Crippen molar-refractivity contribution < 1.29 is 0 Å². The predicted molar refractivity (Wildman–Crippen MR) is 158 cm³/mol. The number of likely N-dealkylation sites (N-methyl/N-ethyl adjacent to an activating group) is 1. The van der Waals surface area contributed by atoms with E-state index in [2.05, 4.69) is 138 Å². The topological polar surface area (TPSA) is 43.2 Å². The van der Waals surface area contributed by atoms with E-state index in [1.165, 1.54) is 22.4 Å². The Morgan fingerprint density at radius 2 is 1.32 bits per heavy atom. The number of hydrogen-bond acceptors (Lipinski definition) is 4. The molecule has 4 nitrogen and oxygen atoms in total. The molecule has 3 aromatic carbocycles. The van der Waals surface area contributed by atoms with Crippen LogP contribution in [0.25, 0.3) is 0 Å². The molecule has 0 aliphatic carbocycles. The molecule has 2 heterocycles. The molecule has 1 aliphatic heterocycles. The summed E-state index contributed by atoms with van der Waals surface area (Å²) < 4.78 is 0. The van der Waals surface area contributed by atoms with Crippen molar-refractivity contribution in [2.24, 2.45) is 0 Å². The van der Waals surface area contributed by atoms with Gasteiger partial charge in [-0.1, -0.05) is 91.0 Å². The average Bonchev–Trinajstić information content (AvgIpc) is 2.96. The molecule has 1 aliphatic rings. The van der Waals surface area contributed by atoms with Gasteiger partial charge >= 0.3 is 0 Å². The zero-order chi connectivity index (χ0) is 26.1. The fraction of sp³-hybridized carbons (Fsp3) is 0.152. The summed E-state index contributed by atoms with van der Waals surface area (Å²) in [7, 11) is 4.18. The fourth-order valence-corrected chi connectivity index (χ4v) is 4.70. The molecule has 0 saturated heterocycles. The number of hydrogen-bond donors (Lipinski definition) is 0. The van der Waals surface area contributed by atoms with Crippen molar-refractivity contribution in [1.29, 1.82) is 5.26 Å². The third kappa shape index (κ3) is 6.14. The first-order valence-electron chi connectivity index (χ1n) is 12.4. The van der Waals surface area contributed by atoms with Gasteiger partial charge in [-0.25, -0.2) is 4.98 Å². The largest absolute Gasteiger partial charge is 0.378 e. The summed E-state index contributed by atoms with van der Waals surface area (Å²) in [6.07, 6.45) is 8.37. The molecule has 4 aromatic rings. The highest BCUT2D eigenvalue weighted by Crippen LogP contribution is 2.43. The number of nitrogens with zero attached hydrogens (tertiary/aromatic N) is 4. The standard InChI is InChI=1S/C26H26N2.C7H6N2.ClH/c1-27(2)25-18-20-28(21-19-25)26(22-12-6-3-7-13-22,23-14-8-4-9-15-23)24-16-10-5-11-17-24;1-6-2-3-9-7(4-6)5-8;/h3-20H,21H2,1-2H3;2-4H,1H3;1H. The molecule has 0 fully saturated rings. The highest BCUT2D eigenvalue weighted by Gasteiger charge is 2.41. The summed E-state index contributed by atoms with van der Waals surface area (Å²) in [6, 6.07) is 38.0. The van der Waals surface area contributed by atoms with Gasteiger partial charge in [-0.2, -0.15) is 5.26 Å². The van der Waals surface area contributed by atoms with Gasteiger partial charge in [0.05, 0.1) is 0 Å². The van der Waals surface area contributed by atoms with E-state index < -0.39 is 5.54 Å². The molecule has 0 unspecified atom stereocenters. The second-order valence-electron chi connectivity index (χ2n) is 9.13. The monoisotopic (exact) mass is 520 g/mol. The van der Waals surface area contributed by atoms with Crippen molar-refractivity contribution in [1.82, 2.24) is 14.8 Å². The molecule has 0 amide bonds. The SMILES string of the molecule is CN(C)C1=CCN(C(c2ccccc2)(c2ccccc2)c2ccccc2)C=C1.Cc1ccnc(C#N)c1.Cl. The lowest BCUT2D eigenvalue weighted by molar-refractivity contribution is 0.249. The van der Waals surface area contributed by atoms with Crippen LogP contribution < -0.4 is 0 Å². The van der Waals surface area contributed by atoms with Crippen molar-refractivity contribution in [3.8, 4) is 6.07 Å². The van der Waals surface area contributed by atoms with Crippen LogP contribution in [0.1, 0.15) is 27.9 Å². The molecule has 0 N–H and O–H groups in total. The maximum atomic E-state index is 8.35. The van der Waals surface area contributed by atoms with Crippen LogP contribution in [0.5, 0.6) is 0 Å². The Morgan fingerprint density at radius 3 is 1.66 bits per heavy atom. The molecular weight excluding hydrogens is 488 g/mol. The second-order valence-corrected chi connectivity index (χ2v) is 9.13. The molecular formula is C33H33ClN4. The van der Waals surface area contributed by atoms with E-state index in [0.717, 1.165) is 12.1 Å². The lowest BCUT2D eigenvalue weighted by Crippen LogP contribution is -2.46. The first kappa shape index (κ1) is 28.2.